The SMILES string of the molecule is CCCC/C=C\C/C=C\CCCCCCCC(=O)OC(COCCCCCCCCC)COC1OC(CO)C(O)C(OS(=O)(=O)O)C1O. The van der Waals surface area contributed by atoms with Crippen LogP contribution in [-0.2, 0) is 38.3 Å². The molecule has 1 rings (SSSR count). The number of esters is 1. The summed E-state index contributed by atoms with van der Waals surface area (Å²) in [5.74, 6) is -0.417. The number of hydrogen-bond acceptors (Lipinski definition) is 11. The molecule has 0 bridgehead atoms. The van der Waals surface area contributed by atoms with Crippen molar-refractivity contribution in [2.75, 3.05) is 26.4 Å². The highest BCUT2D eigenvalue weighted by atomic mass is 32.3. The van der Waals surface area contributed by atoms with Gasteiger partial charge in [0.2, 0.25) is 0 Å². The summed E-state index contributed by atoms with van der Waals surface area (Å²) < 4.78 is 58.5. The number of hydrogen-bond donors (Lipinski definition) is 4. The number of aliphatic hydroxyl groups excluding tert-OH is 3. The number of carbonyl (C=O) groups is 1. The van der Waals surface area contributed by atoms with E-state index in [9.17, 15) is 28.5 Å². The molecule has 48 heavy (non-hydrogen) atoms. The Hall–Kier alpha value is -1.42. The van der Waals surface area contributed by atoms with Gasteiger partial charge in [0.15, 0.2) is 6.29 Å². The second-order valence-electron chi connectivity index (χ2n) is 12.5. The molecule has 0 aromatic rings. The molecule has 1 fully saturated rings. The fourth-order valence-electron chi connectivity index (χ4n) is 5.27. The number of unbranched alkanes of at least 4 members (excludes halogenated alkanes) is 13. The molecule has 1 aliphatic heterocycles. The van der Waals surface area contributed by atoms with Crippen molar-refractivity contribution in [1.29, 1.82) is 0 Å². The fraction of sp³-hybridized carbons (Fsp3) is 0.857. The number of allylic oxidation sites excluding steroid dienone is 4. The first-order valence-corrected chi connectivity index (χ1v) is 19.5. The Labute approximate surface area is 289 Å². The third-order valence-electron chi connectivity index (χ3n) is 8.08. The van der Waals surface area contributed by atoms with Gasteiger partial charge in [0.05, 0.1) is 19.8 Å². The van der Waals surface area contributed by atoms with E-state index in [1.165, 1.54) is 38.5 Å². The van der Waals surface area contributed by atoms with Crippen molar-refractivity contribution in [2.24, 2.45) is 0 Å². The standard InChI is InChI=1S/C35H64O12S/c1-3-5-7-9-11-12-13-14-15-16-17-18-20-22-24-31(37)45-29(27-43-25-23-21-19-10-8-6-4-2)28-44-35-33(39)34(47-48(40,41)42)32(38)30(26-36)46-35/h9,11,13-14,29-30,32-36,38-39H,3-8,10,12,15-28H2,1-2H3,(H,40,41,42)/b11-9-,14-13-. The summed E-state index contributed by atoms with van der Waals surface area (Å²) in [5.41, 5.74) is 0. The van der Waals surface area contributed by atoms with Crippen molar-refractivity contribution in [3.05, 3.63) is 24.3 Å². The third-order valence-corrected chi connectivity index (χ3v) is 8.54. The van der Waals surface area contributed by atoms with Gasteiger partial charge >= 0.3 is 16.4 Å². The molecule has 1 aliphatic rings. The highest BCUT2D eigenvalue weighted by Crippen LogP contribution is 2.26. The average molecular weight is 709 g/mol. The molecule has 1 saturated heterocycles. The summed E-state index contributed by atoms with van der Waals surface area (Å²) in [5, 5.41) is 30.4. The van der Waals surface area contributed by atoms with E-state index in [0.29, 0.717) is 13.0 Å². The van der Waals surface area contributed by atoms with Crippen LogP contribution >= 0.6 is 0 Å². The van der Waals surface area contributed by atoms with Crippen molar-refractivity contribution in [2.45, 2.75) is 166 Å². The van der Waals surface area contributed by atoms with Crippen LogP contribution < -0.4 is 0 Å². The molecule has 6 unspecified atom stereocenters. The monoisotopic (exact) mass is 708 g/mol. The summed E-state index contributed by atoms with van der Waals surface area (Å²) >= 11 is 0. The molecule has 12 nitrogen and oxygen atoms in total. The van der Waals surface area contributed by atoms with E-state index in [1.54, 1.807) is 0 Å². The summed E-state index contributed by atoms with van der Waals surface area (Å²) in [6, 6.07) is 0. The van der Waals surface area contributed by atoms with Crippen LogP contribution in [0.2, 0.25) is 0 Å². The van der Waals surface area contributed by atoms with Crippen LogP contribution in [0, 0.1) is 0 Å². The smallest absolute Gasteiger partial charge is 0.397 e. The van der Waals surface area contributed by atoms with Gasteiger partial charge in [-0.1, -0.05) is 109 Å². The fourth-order valence-corrected chi connectivity index (χ4v) is 5.78. The van der Waals surface area contributed by atoms with Crippen molar-refractivity contribution in [1.82, 2.24) is 0 Å². The maximum Gasteiger partial charge on any atom is 0.397 e. The van der Waals surface area contributed by atoms with Crippen molar-refractivity contribution in [3.63, 3.8) is 0 Å². The first kappa shape index (κ1) is 44.6. The van der Waals surface area contributed by atoms with Crippen LogP contribution in [0.15, 0.2) is 24.3 Å². The maximum absolute atomic E-state index is 12.7. The van der Waals surface area contributed by atoms with Gasteiger partial charge in [-0.3, -0.25) is 9.35 Å². The molecule has 0 aromatic heterocycles. The first-order chi connectivity index (χ1) is 23.1. The predicted molar refractivity (Wildman–Crippen MR) is 184 cm³/mol. The Kier molecular flexibility index (Phi) is 26.3. The lowest BCUT2D eigenvalue weighted by atomic mass is 9.99. The second kappa shape index (κ2) is 28.3. The van der Waals surface area contributed by atoms with Crippen LogP contribution in [0.25, 0.3) is 0 Å². The predicted octanol–water partition coefficient (Wildman–Crippen LogP) is 5.73. The molecule has 1 heterocycles. The van der Waals surface area contributed by atoms with E-state index >= 15 is 0 Å². The van der Waals surface area contributed by atoms with Crippen molar-refractivity contribution < 1.29 is 56.2 Å². The minimum Gasteiger partial charge on any atom is -0.457 e. The van der Waals surface area contributed by atoms with Gasteiger partial charge in [-0.2, -0.15) is 8.42 Å². The van der Waals surface area contributed by atoms with Gasteiger partial charge in [-0.05, 0) is 38.5 Å². The van der Waals surface area contributed by atoms with Gasteiger partial charge in [0.25, 0.3) is 0 Å². The van der Waals surface area contributed by atoms with Gasteiger partial charge in [0, 0.05) is 13.0 Å². The van der Waals surface area contributed by atoms with Crippen LogP contribution in [0.4, 0.5) is 0 Å². The molecular formula is C35H64O12S. The van der Waals surface area contributed by atoms with E-state index in [0.717, 1.165) is 64.2 Å². The topological polar surface area (TPSA) is 178 Å². The lowest BCUT2D eigenvalue weighted by molar-refractivity contribution is -0.301. The number of ether oxygens (including phenoxy) is 4. The number of carbonyl (C=O) groups excluding carboxylic acids is 1. The van der Waals surface area contributed by atoms with Crippen molar-refractivity contribution >= 4 is 16.4 Å². The van der Waals surface area contributed by atoms with Crippen LogP contribution in [0.5, 0.6) is 0 Å². The lowest BCUT2D eigenvalue weighted by Gasteiger charge is -2.41. The molecule has 0 saturated carbocycles. The summed E-state index contributed by atoms with van der Waals surface area (Å²) in [4.78, 5) is 12.7. The van der Waals surface area contributed by atoms with E-state index in [2.05, 4.69) is 42.3 Å². The van der Waals surface area contributed by atoms with E-state index in [-0.39, 0.29) is 19.6 Å². The Balaban J connectivity index is 2.53. The number of aliphatic hydroxyl groups is 3. The lowest BCUT2D eigenvalue weighted by Crippen LogP contribution is -2.60. The van der Waals surface area contributed by atoms with Gasteiger partial charge < -0.3 is 34.3 Å². The van der Waals surface area contributed by atoms with Gasteiger partial charge in [0.1, 0.15) is 30.5 Å². The zero-order chi connectivity index (χ0) is 35.5. The minimum absolute atomic E-state index is 0.0312. The van der Waals surface area contributed by atoms with Crippen LogP contribution in [0.1, 0.15) is 129 Å². The molecule has 0 spiro atoms. The zero-order valence-electron chi connectivity index (χ0n) is 29.3. The Bertz CT molecular complexity index is 957. The summed E-state index contributed by atoms with van der Waals surface area (Å²) in [6.45, 7) is 3.85. The molecular weight excluding hydrogens is 644 g/mol. The Morgan fingerprint density at radius 3 is 2.04 bits per heavy atom. The van der Waals surface area contributed by atoms with Gasteiger partial charge in [-0.25, -0.2) is 4.18 Å². The molecule has 13 heteroatoms. The van der Waals surface area contributed by atoms with E-state index in [1.807, 2.05) is 0 Å². The Morgan fingerprint density at radius 2 is 1.40 bits per heavy atom. The molecule has 4 N–H and O–H groups in total. The van der Waals surface area contributed by atoms with Crippen LogP contribution in [0.3, 0.4) is 0 Å². The molecule has 0 amide bonds. The zero-order valence-corrected chi connectivity index (χ0v) is 30.1. The molecule has 282 valence electrons. The second-order valence-corrected chi connectivity index (χ2v) is 13.5. The quantitative estimate of drug-likeness (QED) is 0.0309. The van der Waals surface area contributed by atoms with Crippen LogP contribution in [-0.4, -0.2) is 97.5 Å². The van der Waals surface area contributed by atoms with Crippen molar-refractivity contribution in [3.8, 4) is 0 Å². The number of rotatable bonds is 30. The summed E-state index contributed by atoms with van der Waals surface area (Å²) in [7, 11) is -5.05. The van der Waals surface area contributed by atoms with E-state index < -0.39 is 59.8 Å². The first-order valence-electron chi connectivity index (χ1n) is 18.1. The third kappa shape index (κ3) is 22.3. The highest BCUT2D eigenvalue weighted by molar-refractivity contribution is 7.80. The van der Waals surface area contributed by atoms with Gasteiger partial charge in [-0.15, -0.1) is 0 Å². The molecule has 0 aromatic carbocycles. The minimum atomic E-state index is -5.05. The molecule has 6 atom stereocenters. The molecule has 0 radical (unpaired) electrons. The largest absolute Gasteiger partial charge is 0.457 e. The molecule has 0 aliphatic carbocycles. The summed E-state index contributed by atoms with van der Waals surface area (Å²) in [6.07, 6.45) is 18.1. The Morgan fingerprint density at radius 1 is 0.792 bits per heavy atom. The average Bonchev–Trinajstić information content (AvgIpc) is 3.05. The maximum atomic E-state index is 12.7. The normalized spacial score (nSPS) is 22.5. The highest BCUT2D eigenvalue weighted by Gasteiger charge is 2.48. The van der Waals surface area contributed by atoms with E-state index in [4.69, 9.17) is 23.5 Å².